The Morgan fingerprint density at radius 3 is 2.50 bits per heavy atom. The smallest absolute Gasteiger partial charge is 0.310 e. The molecule has 4 nitrogen and oxygen atoms in total. The summed E-state index contributed by atoms with van der Waals surface area (Å²) in [6.07, 6.45) is 7.19. The number of ether oxygens (including phenoxy) is 1. The van der Waals surface area contributed by atoms with Crippen LogP contribution in [0.1, 0.15) is 44.9 Å². The van der Waals surface area contributed by atoms with Crippen molar-refractivity contribution in [3.05, 3.63) is 0 Å². The topological polar surface area (TPSA) is 49.8 Å². The lowest BCUT2D eigenvalue weighted by molar-refractivity contribution is -0.151. The van der Waals surface area contributed by atoms with Crippen molar-refractivity contribution in [1.29, 1.82) is 0 Å². The summed E-state index contributed by atoms with van der Waals surface area (Å²) in [5, 5.41) is 9.65. The zero-order valence-electron chi connectivity index (χ0n) is 11.4. The van der Waals surface area contributed by atoms with Crippen LogP contribution in [0.15, 0.2) is 0 Å². The zero-order valence-corrected chi connectivity index (χ0v) is 11.4. The Bertz CT molecular complexity index is 279. The van der Waals surface area contributed by atoms with E-state index in [0.29, 0.717) is 12.6 Å². The molecule has 0 aromatic carbocycles. The summed E-state index contributed by atoms with van der Waals surface area (Å²) in [6.45, 7) is 2.25. The summed E-state index contributed by atoms with van der Waals surface area (Å²) in [7, 11) is 2.05. The summed E-state index contributed by atoms with van der Waals surface area (Å²) in [5.41, 5.74) is -0.520. The summed E-state index contributed by atoms with van der Waals surface area (Å²) >= 11 is 0. The molecule has 0 bridgehead atoms. The first-order chi connectivity index (χ1) is 8.64. The monoisotopic (exact) mass is 255 g/mol. The zero-order chi connectivity index (χ0) is 13.0. The van der Waals surface area contributed by atoms with Crippen LogP contribution in [0.25, 0.3) is 0 Å². The third-order valence-electron chi connectivity index (χ3n) is 4.60. The molecule has 1 heterocycles. The van der Waals surface area contributed by atoms with Crippen LogP contribution in [0, 0.1) is 5.41 Å². The van der Waals surface area contributed by atoms with E-state index in [2.05, 4.69) is 11.9 Å². The Hall–Kier alpha value is -0.610. The highest BCUT2D eigenvalue weighted by Crippen LogP contribution is 2.36. The molecule has 0 aromatic rings. The van der Waals surface area contributed by atoms with Crippen LogP contribution < -0.4 is 0 Å². The van der Waals surface area contributed by atoms with Crippen molar-refractivity contribution >= 4 is 5.97 Å². The van der Waals surface area contributed by atoms with Crippen LogP contribution in [0.2, 0.25) is 0 Å². The Kier molecular flexibility index (Phi) is 4.62. The van der Waals surface area contributed by atoms with Gasteiger partial charge in [0.2, 0.25) is 0 Å². The van der Waals surface area contributed by atoms with E-state index >= 15 is 0 Å². The largest absolute Gasteiger partial charge is 0.481 e. The van der Waals surface area contributed by atoms with Crippen molar-refractivity contribution in [1.82, 2.24) is 4.90 Å². The second-order valence-corrected chi connectivity index (χ2v) is 5.93. The maximum atomic E-state index is 11.7. The Morgan fingerprint density at radius 1 is 1.33 bits per heavy atom. The van der Waals surface area contributed by atoms with Crippen molar-refractivity contribution < 1.29 is 14.6 Å². The second kappa shape index (κ2) is 6.02. The molecule has 1 saturated heterocycles. The molecule has 1 saturated carbocycles. The first kappa shape index (κ1) is 13.8. The van der Waals surface area contributed by atoms with E-state index in [1.807, 2.05) is 0 Å². The SMILES string of the molecule is CN(CC1(C(=O)O)CCCCCC1)C1CCOC1. The van der Waals surface area contributed by atoms with Crippen LogP contribution in [-0.2, 0) is 9.53 Å². The minimum atomic E-state index is -0.602. The summed E-state index contributed by atoms with van der Waals surface area (Å²) in [4.78, 5) is 13.9. The Labute approximate surface area is 109 Å². The van der Waals surface area contributed by atoms with E-state index in [0.717, 1.165) is 45.3 Å². The summed E-state index contributed by atoms with van der Waals surface area (Å²) in [5.74, 6) is -0.602. The molecular formula is C14H25NO3. The van der Waals surface area contributed by atoms with Gasteiger partial charge in [0.05, 0.1) is 12.0 Å². The third-order valence-corrected chi connectivity index (χ3v) is 4.60. The number of hydrogen-bond donors (Lipinski definition) is 1. The van der Waals surface area contributed by atoms with E-state index in [-0.39, 0.29) is 0 Å². The highest BCUT2D eigenvalue weighted by molar-refractivity contribution is 5.75. The predicted molar refractivity (Wildman–Crippen MR) is 69.6 cm³/mol. The van der Waals surface area contributed by atoms with Crippen LogP contribution >= 0.6 is 0 Å². The molecule has 0 amide bonds. The van der Waals surface area contributed by atoms with E-state index < -0.39 is 11.4 Å². The molecule has 1 unspecified atom stereocenters. The normalized spacial score (nSPS) is 28.2. The quantitative estimate of drug-likeness (QED) is 0.782. The number of likely N-dealkylation sites (N-methyl/N-ethyl adjacent to an activating group) is 1. The summed E-state index contributed by atoms with van der Waals surface area (Å²) < 4.78 is 5.40. The van der Waals surface area contributed by atoms with Crippen LogP contribution in [0.4, 0.5) is 0 Å². The lowest BCUT2D eigenvalue weighted by Crippen LogP contribution is -2.45. The average Bonchev–Trinajstić information content (AvgIpc) is 2.77. The van der Waals surface area contributed by atoms with Gasteiger partial charge in [-0.1, -0.05) is 25.7 Å². The van der Waals surface area contributed by atoms with Gasteiger partial charge in [0.1, 0.15) is 0 Å². The van der Waals surface area contributed by atoms with Crippen molar-refractivity contribution in [2.75, 3.05) is 26.8 Å². The van der Waals surface area contributed by atoms with Crippen LogP contribution in [0.5, 0.6) is 0 Å². The molecule has 18 heavy (non-hydrogen) atoms. The number of hydrogen-bond acceptors (Lipinski definition) is 3. The number of nitrogens with zero attached hydrogens (tertiary/aromatic N) is 1. The van der Waals surface area contributed by atoms with Crippen molar-refractivity contribution in [3.63, 3.8) is 0 Å². The number of carboxylic acid groups (broad SMARTS) is 1. The molecule has 1 N–H and O–H groups in total. The third kappa shape index (κ3) is 3.04. The fourth-order valence-electron chi connectivity index (χ4n) is 3.32. The van der Waals surface area contributed by atoms with E-state index in [1.165, 1.54) is 12.8 Å². The molecule has 2 rings (SSSR count). The lowest BCUT2D eigenvalue weighted by atomic mass is 9.79. The number of aliphatic carboxylic acids is 1. The second-order valence-electron chi connectivity index (χ2n) is 5.93. The number of carboxylic acids is 1. The predicted octanol–water partition coefficient (Wildman–Crippen LogP) is 2.13. The minimum Gasteiger partial charge on any atom is -0.481 e. The van der Waals surface area contributed by atoms with Gasteiger partial charge < -0.3 is 9.84 Å². The number of rotatable bonds is 4. The fraction of sp³-hybridized carbons (Fsp3) is 0.929. The Balaban J connectivity index is 2.02. The molecular weight excluding hydrogens is 230 g/mol. The molecule has 2 fully saturated rings. The van der Waals surface area contributed by atoms with Gasteiger partial charge in [-0.2, -0.15) is 0 Å². The first-order valence-corrected chi connectivity index (χ1v) is 7.15. The van der Waals surface area contributed by atoms with Crippen molar-refractivity contribution in [3.8, 4) is 0 Å². The van der Waals surface area contributed by atoms with Gasteiger partial charge >= 0.3 is 5.97 Å². The standard InChI is InChI=1S/C14H25NO3/c1-15(12-6-9-18-10-12)11-14(13(16)17)7-4-2-3-5-8-14/h12H,2-11H2,1H3,(H,16,17). The molecule has 1 atom stereocenters. The van der Waals surface area contributed by atoms with Gasteiger partial charge in [-0.25, -0.2) is 0 Å². The van der Waals surface area contributed by atoms with Gasteiger partial charge in [0, 0.05) is 19.2 Å². The highest BCUT2D eigenvalue weighted by atomic mass is 16.5. The van der Waals surface area contributed by atoms with Crippen LogP contribution in [0.3, 0.4) is 0 Å². The Morgan fingerprint density at radius 2 is 2.00 bits per heavy atom. The fourth-order valence-corrected chi connectivity index (χ4v) is 3.32. The maximum Gasteiger partial charge on any atom is 0.310 e. The van der Waals surface area contributed by atoms with Crippen LogP contribution in [-0.4, -0.2) is 48.8 Å². The highest BCUT2D eigenvalue weighted by Gasteiger charge is 2.40. The molecule has 2 aliphatic rings. The first-order valence-electron chi connectivity index (χ1n) is 7.15. The average molecular weight is 255 g/mol. The van der Waals surface area contributed by atoms with E-state index in [4.69, 9.17) is 4.74 Å². The molecule has 4 heteroatoms. The molecule has 1 aliphatic heterocycles. The maximum absolute atomic E-state index is 11.7. The molecule has 0 aromatic heterocycles. The van der Waals surface area contributed by atoms with Gasteiger partial charge in [0.25, 0.3) is 0 Å². The van der Waals surface area contributed by atoms with Gasteiger partial charge in [-0.15, -0.1) is 0 Å². The summed E-state index contributed by atoms with van der Waals surface area (Å²) in [6, 6.07) is 0.407. The molecule has 104 valence electrons. The number of carbonyl (C=O) groups is 1. The van der Waals surface area contributed by atoms with Crippen molar-refractivity contribution in [2.24, 2.45) is 5.41 Å². The molecule has 1 aliphatic carbocycles. The van der Waals surface area contributed by atoms with Crippen molar-refractivity contribution in [2.45, 2.75) is 51.0 Å². The molecule has 0 radical (unpaired) electrons. The lowest BCUT2D eigenvalue weighted by Gasteiger charge is -2.35. The van der Waals surface area contributed by atoms with E-state index in [1.54, 1.807) is 0 Å². The minimum absolute atomic E-state index is 0.407. The van der Waals surface area contributed by atoms with E-state index in [9.17, 15) is 9.90 Å². The molecule has 0 spiro atoms. The van der Waals surface area contributed by atoms with Gasteiger partial charge in [-0.3, -0.25) is 9.69 Å². The van der Waals surface area contributed by atoms with Gasteiger partial charge in [-0.05, 0) is 26.3 Å². The van der Waals surface area contributed by atoms with Gasteiger partial charge in [0.15, 0.2) is 0 Å².